The molecular weight excluding hydrogens is 632 g/mol. The highest BCUT2D eigenvalue weighted by Crippen LogP contribution is 2.39. The molecule has 0 aliphatic carbocycles. The van der Waals surface area contributed by atoms with Crippen molar-refractivity contribution in [3.05, 3.63) is 49.2 Å². The van der Waals surface area contributed by atoms with Gasteiger partial charge in [0.05, 0.1) is 37.5 Å². The summed E-state index contributed by atoms with van der Waals surface area (Å²) >= 11 is 13.7. The fourth-order valence-electron chi connectivity index (χ4n) is 3.14. The average molecular weight is 658 g/mol. The zero-order valence-electron chi connectivity index (χ0n) is 20.6. The molecule has 2 aromatic carbocycles. The molecule has 0 aromatic heterocycles. The minimum atomic E-state index is -0.322. The monoisotopic (exact) mass is 656 g/mol. The number of hydrogen-bond acceptors (Lipinski definition) is 8. The van der Waals surface area contributed by atoms with Crippen LogP contribution in [0.2, 0.25) is 0 Å². The van der Waals surface area contributed by atoms with Crippen LogP contribution in [0.4, 0.5) is 0 Å². The lowest BCUT2D eigenvalue weighted by molar-refractivity contribution is -0.122. The summed E-state index contributed by atoms with van der Waals surface area (Å²) in [4.78, 5) is 13.6. The molecule has 0 bridgehead atoms. The van der Waals surface area contributed by atoms with Crippen LogP contribution in [0.1, 0.15) is 38.8 Å². The molecular formula is C25H26Br2N2O5S2. The molecule has 1 aliphatic rings. The Morgan fingerprint density at radius 1 is 0.889 bits per heavy atom. The van der Waals surface area contributed by atoms with E-state index in [4.69, 9.17) is 31.2 Å². The summed E-state index contributed by atoms with van der Waals surface area (Å²) in [5.41, 5.74) is 1.45. The Morgan fingerprint density at radius 3 is 1.89 bits per heavy atom. The van der Waals surface area contributed by atoms with Crippen molar-refractivity contribution in [1.82, 2.24) is 5.01 Å². The van der Waals surface area contributed by atoms with E-state index in [2.05, 4.69) is 37.0 Å². The summed E-state index contributed by atoms with van der Waals surface area (Å²) in [6.45, 7) is 7.76. The number of nitrogens with zero attached hydrogens (tertiary/aromatic N) is 2. The Hall–Kier alpha value is -2.08. The zero-order valence-corrected chi connectivity index (χ0v) is 25.4. The minimum absolute atomic E-state index is 0.00825. The van der Waals surface area contributed by atoms with Gasteiger partial charge in [-0.2, -0.15) is 10.1 Å². The van der Waals surface area contributed by atoms with Crippen LogP contribution in [0.5, 0.6) is 23.0 Å². The second kappa shape index (κ2) is 12.4. The quantitative estimate of drug-likeness (QED) is 0.163. The number of benzene rings is 2. The molecule has 11 heteroatoms. The first-order chi connectivity index (χ1) is 17.0. The van der Waals surface area contributed by atoms with Crippen LogP contribution in [0.25, 0.3) is 6.08 Å². The van der Waals surface area contributed by atoms with E-state index in [9.17, 15) is 4.79 Å². The van der Waals surface area contributed by atoms with E-state index in [1.165, 1.54) is 16.8 Å². The first-order valence-corrected chi connectivity index (χ1v) is 13.7. The van der Waals surface area contributed by atoms with Gasteiger partial charge in [0.15, 0.2) is 27.3 Å². The second-order valence-electron chi connectivity index (χ2n) is 8.12. The smallest absolute Gasteiger partial charge is 0.286 e. The van der Waals surface area contributed by atoms with E-state index in [1.54, 1.807) is 32.6 Å². The van der Waals surface area contributed by atoms with Crippen molar-refractivity contribution in [2.24, 2.45) is 5.10 Å². The fourth-order valence-corrected chi connectivity index (χ4v) is 5.17. The molecule has 7 nitrogen and oxygen atoms in total. The largest absolute Gasteiger partial charge is 0.493 e. The van der Waals surface area contributed by atoms with Gasteiger partial charge in [0.1, 0.15) is 0 Å². The van der Waals surface area contributed by atoms with Crippen LogP contribution in [-0.4, -0.2) is 47.9 Å². The van der Waals surface area contributed by atoms with Crippen LogP contribution in [0.3, 0.4) is 0 Å². The lowest BCUT2D eigenvalue weighted by Crippen LogP contribution is -2.22. The molecule has 1 amide bonds. The Labute approximate surface area is 237 Å². The predicted molar refractivity (Wildman–Crippen MR) is 156 cm³/mol. The summed E-state index contributed by atoms with van der Waals surface area (Å²) in [5, 5.41) is 5.55. The number of hydrazone groups is 1. The van der Waals surface area contributed by atoms with Crippen molar-refractivity contribution in [2.45, 2.75) is 39.9 Å². The number of amides is 1. The summed E-state index contributed by atoms with van der Waals surface area (Å²) in [7, 11) is 3.14. The van der Waals surface area contributed by atoms with Crippen LogP contribution >= 0.6 is 55.8 Å². The van der Waals surface area contributed by atoms with Crippen LogP contribution in [-0.2, 0) is 4.79 Å². The summed E-state index contributed by atoms with van der Waals surface area (Å²) < 4.78 is 24.3. The van der Waals surface area contributed by atoms with Crippen LogP contribution in [0, 0.1) is 0 Å². The normalized spacial score (nSPS) is 15.1. The fraction of sp³-hybridized carbons (Fsp3) is 0.320. The SMILES string of the molecule is COc1cc(C=NN2C(=O)C(=Cc3cc(OC)c(OC(C)C)cc3Br)SC2=S)c(Br)cc1OC(C)C. The van der Waals surface area contributed by atoms with Crippen molar-refractivity contribution in [1.29, 1.82) is 0 Å². The highest BCUT2D eigenvalue weighted by molar-refractivity contribution is 9.10. The topological polar surface area (TPSA) is 69.6 Å². The van der Waals surface area contributed by atoms with Crippen molar-refractivity contribution in [2.75, 3.05) is 14.2 Å². The van der Waals surface area contributed by atoms with Crippen molar-refractivity contribution in [3.63, 3.8) is 0 Å². The molecule has 2 aromatic rings. The molecule has 0 unspecified atom stereocenters. The number of thiocarbonyl (C=S) groups is 1. The molecule has 1 fully saturated rings. The van der Waals surface area contributed by atoms with Crippen molar-refractivity contribution in [3.8, 4) is 23.0 Å². The Morgan fingerprint density at radius 2 is 1.39 bits per heavy atom. The number of methoxy groups -OCH3 is 2. The molecule has 0 saturated carbocycles. The molecule has 0 radical (unpaired) electrons. The van der Waals surface area contributed by atoms with E-state index in [-0.39, 0.29) is 18.1 Å². The molecule has 1 aliphatic heterocycles. The molecule has 0 atom stereocenters. The highest BCUT2D eigenvalue weighted by atomic mass is 79.9. The molecule has 1 heterocycles. The standard InChI is InChI=1S/C25H26Br2N2O5S2/c1-13(2)33-21-10-17(26)15(7-19(21)31-5)9-23-24(30)29(25(35)36-23)28-12-16-8-20(32-6)22(11-18(16)27)34-14(3)4/h7-14H,1-6H3. The highest BCUT2D eigenvalue weighted by Gasteiger charge is 2.32. The Kier molecular flexibility index (Phi) is 9.85. The lowest BCUT2D eigenvalue weighted by Gasteiger charge is -2.15. The Bertz CT molecular complexity index is 1230. The molecule has 192 valence electrons. The molecule has 0 spiro atoms. The number of ether oxygens (including phenoxy) is 4. The number of hydrogen-bond donors (Lipinski definition) is 0. The van der Waals surface area contributed by atoms with Gasteiger partial charge in [-0.25, -0.2) is 0 Å². The molecule has 3 rings (SSSR count). The lowest BCUT2D eigenvalue weighted by atomic mass is 10.2. The Balaban J connectivity index is 1.87. The van der Waals surface area contributed by atoms with E-state index in [1.807, 2.05) is 45.9 Å². The van der Waals surface area contributed by atoms with E-state index in [0.29, 0.717) is 37.8 Å². The predicted octanol–water partition coefficient (Wildman–Crippen LogP) is 7.04. The zero-order chi connectivity index (χ0) is 26.6. The molecule has 36 heavy (non-hydrogen) atoms. The number of rotatable bonds is 9. The van der Waals surface area contributed by atoms with Gasteiger partial charge in [0.2, 0.25) is 0 Å². The molecule has 1 saturated heterocycles. The maximum Gasteiger partial charge on any atom is 0.286 e. The number of carbonyl (C=O) groups is 1. The van der Waals surface area contributed by atoms with E-state index in [0.717, 1.165) is 14.5 Å². The second-order valence-corrected chi connectivity index (χ2v) is 11.5. The van der Waals surface area contributed by atoms with Gasteiger partial charge in [-0.05, 0) is 91.7 Å². The average Bonchev–Trinajstić information content (AvgIpc) is 3.06. The number of halogens is 2. The van der Waals surface area contributed by atoms with Gasteiger partial charge < -0.3 is 18.9 Å². The summed E-state index contributed by atoms with van der Waals surface area (Å²) in [6.07, 6.45) is 3.28. The van der Waals surface area contributed by atoms with Gasteiger partial charge >= 0.3 is 0 Å². The summed E-state index contributed by atoms with van der Waals surface area (Å²) in [6, 6.07) is 7.22. The van der Waals surface area contributed by atoms with Crippen molar-refractivity contribution >= 4 is 78.4 Å². The van der Waals surface area contributed by atoms with Crippen molar-refractivity contribution < 1.29 is 23.7 Å². The van der Waals surface area contributed by atoms with Gasteiger partial charge in [-0.3, -0.25) is 4.79 Å². The van der Waals surface area contributed by atoms with E-state index < -0.39 is 0 Å². The first kappa shape index (κ1) is 28.5. The third-order valence-electron chi connectivity index (χ3n) is 4.66. The van der Waals surface area contributed by atoms with Crippen LogP contribution in [0.15, 0.2) is 43.2 Å². The third kappa shape index (κ3) is 6.81. The summed E-state index contributed by atoms with van der Waals surface area (Å²) in [5.74, 6) is 2.02. The maximum absolute atomic E-state index is 13.1. The molecule has 0 N–H and O–H groups in total. The number of carbonyl (C=O) groups excluding carboxylic acids is 1. The third-order valence-corrected chi connectivity index (χ3v) is 7.32. The number of thioether (sulfide) groups is 1. The van der Waals surface area contributed by atoms with Crippen LogP contribution < -0.4 is 18.9 Å². The minimum Gasteiger partial charge on any atom is -0.493 e. The van der Waals surface area contributed by atoms with Gasteiger partial charge in [-0.1, -0.05) is 27.7 Å². The van der Waals surface area contributed by atoms with Gasteiger partial charge in [0.25, 0.3) is 5.91 Å². The van der Waals surface area contributed by atoms with Gasteiger partial charge in [0, 0.05) is 14.5 Å². The van der Waals surface area contributed by atoms with E-state index >= 15 is 0 Å². The van der Waals surface area contributed by atoms with Gasteiger partial charge in [-0.15, -0.1) is 0 Å². The first-order valence-electron chi connectivity index (χ1n) is 10.9. The maximum atomic E-state index is 13.1.